The summed E-state index contributed by atoms with van der Waals surface area (Å²) < 4.78 is 2.40. The molecule has 0 spiro atoms. The van der Waals surface area contributed by atoms with Crippen LogP contribution in [0.2, 0.25) is 0 Å². The normalized spacial score (nSPS) is 17.8. The van der Waals surface area contributed by atoms with Crippen molar-refractivity contribution in [2.45, 2.75) is 46.7 Å². The lowest BCUT2D eigenvalue weighted by Crippen LogP contribution is -2.29. The number of hydrogen-bond donors (Lipinski definition) is 1. The molecule has 172 valence electrons. The monoisotopic (exact) mass is 466 g/mol. The third-order valence-electron chi connectivity index (χ3n) is 6.78. The number of aromatic nitrogens is 2. The van der Waals surface area contributed by atoms with Crippen molar-refractivity contribution in [1.29, 1.82) is 0 Å². The van der Waals surface area contributed by atoms with E-state index >= 15 is 0 Å². The first-order chi connectivity index (χ1) is 16.4. The highest BCUT2D eigenvalue weighted by Crippen LogP contribution is 2.44. The lowest BCUT2D eigenvalue weighted by molar-refractivity contribution is 0.565. The van der Waals surface area contributed by atoms with Gasteiger partial charge in [-0.05, 0) is 93.9 Å². The van der Waals surface area contributed by atoms with Gasteiger partial charge in [-0.15, -0.1) is 0 Å². The van der Waals surface area contributed by atoms with Crippen LogP contribution in [0, 0.1) is 34.6 Å². The van der Waals surface area contributed by atoms with Gasteiger partial charge in [-0.1, -0.05) is 42.0 Å². The lowest BCUT2D eigenvalue weighted by Gasteiger charge is -2.28. The van der Waals surface area contributed by atoms with Crippen LogP contribution in [0.4, 0.5) is 5.69 Å². The quantitative estimate of drug-likeness (QED) is 0.344. The molecule has 0 saturated carbocycles. The van der Waals surface area contributed by atoms with Crippen LogP contribution in [0.1, 0.15) is 51.4 Å². The second kappa shape index (κ2) is 8.73. The molecule has 0 amide bonds. The van der Waals surface area contributed by atoms with Crippen LogP contribution in [0.5, 0.6) is 0 Å². The molecule has 1 fully saturated rings. The van der Waals surface area contributed by atoms with E-state index in [4.69, 9.17) is 17.2 Å². The Kier molecular flexibility index (Phi) is 5.74. The highest BCUT2D eigenvalue weighted by molar-refractivity contribution is 7.80. The molecule has 5 rings (SSSR count). The largest absolute Gasteiger partial charge is 0.351 e. The summed E-state index contributed by atoms with van der Waals surface area (Å²) in [5.41, 5.74) is 10.9. The molecular formula is C29H30N4S. The molecule has 1 saturated heterocycles. The van der Waals surface area contributed by atoms with E-state index < -0.39 is 0 Å². The van der Waals surface area contributed by atoms with Crippen LogP contribution < -0.4 is 10.2 Å². The zero-order chi connectivity index (χ0) is 24.0. The van der Waals surface area contributed by atoms with Gasteiger partial charge in [0, 0.05) is 23.3 Å². The Balaban J connectivity index is 1.71. The zero-order valence-electron chi connectivity index (χ0n) is 20.3. The molecule has 2 aromatic heterocycles. The summed E-state index contributed by atoms with van der Waals surface area (Å²) in [5.74, 6) is 0. The number of anilines is 1. The minimum absolute atomic E-state index is 0.0178. The van der Waals surface area contributed by atoms with Crippen LogP contribution in [0.3, 0.4) is 0 Å². The van der Waals surface area contributed by atoms with Gasteiger partial charge in [-0.25, -0.2) is 0 Å². The van der Waals surface area contributed by atoms with Gasteiger partial charge < -0.3 is 14.8 Å². The summed E-state index contributed by atoms with van der Waals surface area (Å²) in [7, 11) is 0. The molecule has 0 unspecified atom stereocenters. The molecule has 0 bridgehead atoms. The average molecular weight is 467 g/mol. The molecule has 1 aliphatic rings. The van der Waals surface area contributed by atoms with Crippen LogP contribution >= 0.6 is 12.2 Å². The Morgan fingerprint density at radius 1 is 0.853 bits per heavy atom. The molecule has 1 N–H and O–H groups in total. The fourth-order valence-corrected chi connectivity index (χ4v) is 5.84. The Bertz CT molecular complexity index is 1330. The Morgan fingerprint density at radius 3 is 2.18 bits per heavy atom. The van der Waals surface area contributed by atoms with Gasteiger partial charge in [0.2, 0.25) is 0 Å². The summed E-state index contributed by atoms with van der Waals surface area (Å²) in [6.45, 7) is 11.0. The number of benzene rings is 2. The van der Waals surface area contributed by atoms with E-state index in [1.54, 1.807) is 0 Å². The summed E-state index contributed by atoms with van der Waals surface area (Å²) in [5, 5.41) is 4.30. The van der Waals surface area contributed by atoms with Crippen molar-refractivity contribution in [3.63, 3.8) is 0 Å². The second-order valence-corrected chi connectivity index (χ2v) is 9.63. The maximum Gasteiger partial charge on any atom is 0.174 e. The number of nitrogens with zero attached hydrogens (tertiary/aromatic N) is 3. The van der Waals surface area contributed by atoms with Crippen molar-refractivity contribution < 1.29 is 0 Å². The van der Waals surface area contributed by atoms with Gasteiger partial charge in [0.1, 0.15) is 0 Å². The van der Waals surface area contributed by atoms with Gasteiger partial charge in [0.05, 0.1) is 23.5 Å². The molecule has 4 aromatic rings. The topological polar surface area (TPSA) is 33.1 Å². The van der Waals surface area contributed by atoms with E-state index in [0.717, 1.165) is 16.5 Å². The van der Waals surface area contributed by atoms with E-state index in [2.05, 4.69) is 97.9 Å². The van der Waals surface area contributed by atoms with E-state index in [0.29, 0.717) is 0 Å². The molecule has 2 aromatic carbocycles. The van der Waals surface area contributed by atoms with Gasteiger partial charge >= 0.3 is 0 Å². The van der Waals surface area contributed by atoms with Crippen LogP contribution in [0.15, 0.2) is 72.9 Å². The molecule has 5 heteroatoms. The fourth-order valence-electron chi connectivity index (χ4n) is 5.49. The van der Waals surface area contributed by atoms with Crippen molar-refractivity contribution in [3.8, 4) is 5.69 Å². The molecule has 1 aliphatic heterocycles. The minimum atomic E-state index is -0.0527. The highest BCUT2D eigenvalue weighted by atomic mass is 32.1. The Labute approximate surface area is 207 Å². The molecule has 3 heterocycles. The maximum absolute atomic E-state index is 5.89. The first-order valence-electron chi connectivity index (χ1n) is 11.7. The van der Waals surface area contributed by atoms with Gasteiger partial charge in [-0.3, -0.25) is 4.98 Å². The SMILES string of the molecule is Cc1cc(C)c(-n2c(C)cc([C@@H]3[C@H](c4ccccn4)NC(=S)N3c3ccccc3)c2C)c(C)c1. The highest BCUT2D eigenvalue weighted by Gasteiger charge is 2.42. The van der Waals surface area contributed by atoms with Crippen molar-refractivity contribution in [2.24, 2.45) is 0 Å². The number of para-hydroxylation sites is 1. The number of aryl methyl sites for hydroxylation is 4. The summed E-state index contributed by atoms with van der Waals surface area (Å²) in [6.07, 6.45) is 1.85. The predicted octanol–water partition coefficient (Wildman–Crippen LogP) is 6.59. The van der Waals surface area contributed by atoms with Crippen molar-refractivity contribution >= 4 is 23.0 Å². The van der Waals surface area contributed by atoms with Crippen LogP contribution in [-0.2, 0) is 0 Å². The minimum Gasteiger partial charge on any atom is -0.351 e. The van der Waals surface area contributed by atoms with E-state index in [9.17, 15) is 0 Å². The third-order valence-corrected chi connectivity index (χ3v) is 7.09. The molecule has 34 heavy (non-hydrogen) atoms. The van der Waals surface area contributed by atoms with Gasteiger partial charge in [-0.2, -0.15) is 0 Å². The Morgan fingerprint density at radius 2 is 1.53 bits per heavy atom. The van der Waals surface area contributed by atoms with Crippen molar-refractivity contribution in [3.05, 3.63) is 112 Å². The predicted molar refractivity (Wildman–Crippen MR) is 144 cm³/mol. The van der Waals surface area contributed by atoms with E-state index in [1.165, 1.54) is 39.3 Å². The molecule has 4 nitrogen and oxygen atoms in total. The number of thiocarbonyl (C=S) groups is 1. The zero-order valence-corrected chi connectivity index (χ0v) is 21.1. The van der Waals surface area contributed by atoms with Crippen molar-refractivity contribution in [2.75, 3.05) is 4.90 Å². The average Bonchev–Trinajstić information content (AvgIpc) is 3.30. The maximum atomic E-state index is 5.89. The summed E-state index contributed by atoms with van der Waals surface area (Å²) in [6, 6.07) is 23.2. The number of pyridine rings is 1. The second-order valence-electron chi connectivity index (χ2n) is 9.24. The number of nitrogens with one attached hydrogen (secondary N) is 1. The lowest BCUT2D eigenvalue weighted by atomic mass is 9.96. The molecule has 0 radical (unpaired) electrons. The van der Waals surface area contributed by atoms with Gasteiger partial charge in [0.15, 0.2) is 5.11 Å². The van der Waals surface area contributed by atoms with Crippen LogP contribution in [0.25, 0.3) is 5.69 Å². The summed E-state index contributed by atoms with van der Waals surface area (Å²) in [4.78, 5) is 6.94. The first kappa shape index (κ1) is 22.4. The summed E-state index contributed by atoms with van der Waals surface area (Å²) >= 11 is 5.89. The van der Waals surface area contributed by atoms with Gasteiger partial charge in [0.25, 0.3) is 0 Å². The standard InChI is InChI=1S/C29H30N4S/c1-18-15-19(2)27(20(3)16-18)32-21(4)17-24(22(32)5)28-26(25-13-9-10-14-30-25)31-29(34)33(28)23-11-7-6-8-12-23/h6-17,26,28H,1-5H3,(H,31,34)/t26-,28+/m0/s1. The first-order valence-corrected chi connectivity index (χ1v) is 12.1. The molecule has 0 aliphatic carbocycles. The smallest absolute Gasteiger partial charge is 0.174 e. The fraction of sp³-hybridized carbons (Fsp3) is 0.241. The third kappa shape index (κ3) is 3.70. The van der Waals surface area contributed by atoms with Crippen molar-refractivity contribution in [1.82, 2.24) is 14.9 Å². The van der Waals surface area contributed by atoms with E-state index in [-0.39, 0.29) is 12.1 Å². The van der Waals surface area contributed by atoms with E-state index in [1.807, 2.05) is 24.4 Å². The molecular weight excluding hydrogens is 436 g/mol. The molecule has 2 atom stereocenters. The number of hydrogen-bond acceptors (Lipinski definition) is 2. The Hall–Kier alpha value is -3.44. The number of rotatable bonds is 4. The van der Waals surface area contributed by atoms with Crippen LogP contribution in [-0.4, -0.2) is 14.7 Å².